The predicted molar refractivity (Wildman–Crippen MR) is 101 cm³/mol. The molecule has 0 aromatic heterocycles. The van der Waals surface area contributed by atoms with E-state index in [9.17, 15) is 18.0 Å². The van der Waals surface area contributed by atoms with Crippen LogP contribution in [-0.2, 0) is 11.0 Å². The highest BCUT2D eigenvalue weighted by molar-refractivity contribution is 5.86. The molecule has 2 aromatic rings. The number of amides is 1. The summed E-state index contributed by atoms with van der Waals surface area (Å²) in [5.41, 5.74) is -1.24. The number of carbonyl (C=O) groups is 1. The molecule has 1 amide bonds. The van der Waals surface area contributed by atoms with Crippen molar-refractivity contribution in [2.45, 2.75) is 31.7 Å². The first-order valence-electron chi connectivity index (χ1n) is 9.21. The predicted octanol–water partition coefficient (Wildman–Crippen LogP) is 3.74. The Labute approximate surface area is 166 Å². The molecule has 8 heteroatoms. The molecule has 0 radical (unpaired) electrons. The van der Waals surface area contributed by atoms with Gasteiger partial charge in [-0.3, -0.25) is 4.79 Å². The van der Waals surface area contributed by atoms with Gasteiger partial charge in [0.05, 0.1) is 23.7 Å². The van der Waals surface area contributed by atoms with E-state index in [0.29, 0.717) is 18.7 Å². The Morgan fingerprint density at radius 1 is 1.28 bits per heavy atom. The van der Waals surface area contributed by atoms with Crippen molar-refractivity contribution in [2.75, 3.05) is 18.0 Å². The summed E-state index contributed by atoms with van der Waals surface area (Å²) in [5, 5.41) is 11.7. The number of para-hydroxylation sites is 1. The lowest BCUT2D eigenvalue weighted by molar-refractivity contribution is -0.137. The number of benzene rings is 2. The van der Waals surface area contributed by atoms with Crippen LogP contribution < -0.4 is 15.0 Å². The number of ether oxygens (including phenoxy) is 1. The number of nitrogens with one attached hydrogen (secondary N) is 1. The molecule has 1 aliphatic heterocycles. The Hall–Kier alpha value is -3.21. The number of carbonyl (C=O) groups excluding carboxylic acids is 1. The van der Waals surface area contributed by atoms with Crippen LogP contribution in [0.25, 0.3) is 0 Å². The molecule has 1 N–H and O–H groups in total. The molecule has 1 fully saturated rings. The number of alkyl halides is 3. The third kappa shape index (κ3) is 4.62. The van der Waals surface area contributed by atoms with Gasteiger partial charge in [-0.05, 0) is 37.3 Å². The molecular formula is C21H20F3N3O2. The lowest BCUT2D eigenvalue weighted by Gasteiger charge is -2.26. The quantitative estimate of drug-likeness (QED) is 0.826. The molecular weight excluding hydrogens is 383 g/mol. The molecule has 3 rings (SSSR count). The second-order valence-electron chi connectivity index (χ2n) is 6.69. The van der Waals surface area contributed by atoms with E-state index in [-0.39, 0.29) is 24.2 Å². The Bertz CT molecular complexity index is 910. The van der Waals surface area contributed by atoms with E-state index >= 15 is 0 Å². The van der Waals surface area contributed by atoms with E-state index in [0.717, 1.165) is 12.1 Å². The fourth-order valence-electron chi connectivity index (χ4n) is 3.44. The van der Waals surface area contributed by atoms with Crippen molar-refractivity contribution in [1.29, 1.82) is 5.26 Å². The van der Waals surface area contributed by atoms with Gasteiger partial charge in [0, 0.05) is 18.7 Å². The second kappa shape index (κ2) is 8.43. The Morgan fingerprint density at radius 3 is 2.62 bits per heavy atom. The Balaban J connectivity index is 1.92. The monoisotopic (exact) mass is 403 g/mol. The average molecular weight is 403 g/mol. The van der Waals surface area contributed by atoms with Gasteiger partial charge in [-0.2, -0.15) is 18.4 Å². The van der Waals surface area contributed by atoms with Gasteiger partial charge in [0.25, 0.3) is 0 Å². The minimum Gasteiger partial charge on any atom is -0.488 e. The maximum atomic E-state index is 13.4. The lowest BCUT2D eigenvalue weighted by Crippen LogP contribution is -2.43. The zero-order valence-electron chi connectivity index (χ0n) is 15.7. The van der Waals surface area contributed by atoms with Crippen molar-refractivity contribution in [3.05, 3.63) is 59.7 Å². The number of hydrogen-bond donors (Lipinski definition) is 1. The van der Waals surface area contributed by atoms with Crippen molar-refractivity contribution in [1.82, 2.24) is 5.32 Å². The van der Waals surface area contributed by atoms with Crippen LogP contribution in [0.4, 0.5) is 18.9 Å². The minimum atomic E-state index is -4.66. The highest BCUT2D eigenvalue weighted by Crippen LogP contribution is 2.36. The Kier molecular flexibility index (Phi) is 5.97. The second-order valence-corrected chi connectivity index (χ2v) is 6.69. The first-order valence-corrected chi connectivity index (χ1v) is 9.21. The number of halogens is 3. The highest BCUT2D eigenvalue weighted by Gasteiger charge is 2.40. The van der Waals surface area contributed by atoms with E-state index < -0.39 is 23.3 Å². The van der Waals surface area contributed by atoms with Crippen molar-refractivity contribution >= 4 is 11.6 Å². The first-order chi connectivity index (χ1) is 13.8. The maximum absolute atomic E-state index is 13.4. The maximum Gasteiger partial charge on any atom is 0.417 e. The van der Waals surface area contributed by atoms with Gasteiger partial charge in [0.1, 0.15) is 17.9 Å². The number of nitrogens with zero attached hydrogens (tertiary/aromatic N) is 2. The molecule has 29 heavy (non-hydrogen) atoms. The molecule has 0 unspecified atom stereocenters. The van der Waals surface area contributed by atoms with Crippen LogP contribution in [0.1, 0.15) is 24.5 Å². The number of anilines is 1. The van der Waals surface area contributed by atoms with Crippen molar-refractivity contribution < 1.29 is 22.7 Å². The summed E-state index contributed by atoms with van der Waals surface area (Å²) >= 11 is 0. The molecule has 0 bridgehead atoms. The Morgan fingerprint density at radius 2 is 2.00 bits per heavy atom. The van der Waals surface area contributed by atoms with Crippen molar-refractivity contribution in [3.63, 3.8) is 0 Å². The zero-order valence-corrected chi connectivity index (χ0v) is 15.7. The summed E-state index contributed by atoms with van der Waals surface area (Å²) in [6.45, 7) is 2.44. The van der Waals surface area contributed by atoms with Crippen LogP contribution >= 0.6 is 0 Å². The molecule has 0 saturated carbocycles. The molecule has 152 valence electrons. The van der Waals surface area contributed by atoms with Crippen molar-refractivity contribution in [2.24, 2.45) is 0 Å². The number of rotatable bonds is 5. The summed E-state index contributed by atoms with van der Waals surface area (Å²) < 4.78 is 46.0. The van der Waals surface area contributed by atoms with E-state index in [1.54, 1.807) is 30.0 Å². The normalized spacial score (nSPS) is 18.9. The van der Waals surface area contributed by atoms with E-state index in [1.165, 1.54) is 6.07 Å². The van der Waals surface area contributed by atoms with Gasteiger partial charge in [-0.25, -0.2) is 0 Å². The largest absolute Gasteiger partial charge is 0.488 e. The molecule has 1 aliphatic rings. The van der Waals surface area contributed by atoms with Gasteiger partial charge in [-0.15, -0.1) is 0 Å². The van der Waals surface area contributed by atoms with E-state index in [1.807, 2.05) is 18.2 Å². The summed E-state index contributed by atoms with van der Waals surface area (Å²) in [5.74, 6) is 0.356. The van der Waals surface area contributed by atoms with Crippen LogP contribution in [0.2, 0.25) is 0 Å². The summed E-state index contributed by atoms with van der Waals surface area (Å²) in [4.78, 5) is 14.2. The van der Waals surface area contributed by atoms with Gasteiger partial charge >= 0.3 is 6.18 Å². The molecule has 2 atom stereocenters. The third-order valence-electron chi connectivity index (χ3n) is 4.72. The lowest BCUT2D eigenvalue weighted by atomic mass is 10.1. The SMILES string of the molecule is CCNC(=O)[C@@H]1C[C@H](Oc2ccccc2)CN1c1ccc(C#N)c(C(F)(F)F)c1. The average Bonchev–Trinajstić information content (AvgIpc) is 3.11. The smallest absolute Gasteiger partial charge is 0.417 e. The van der Waals surface area contributed by atoms with Crippen LogP contribution in [0.5, 0.6) is 5.75 Å². The number of likely N-dealkylation sites (N-methyl/N-ethyl adjacent to an activating group) is 1. The van der Waals surface area contributed by atoms with E-state index in [2.05, 4.69) is 5.32 Å². The van der Waals surface area contributed by atoms with Crippen LogP contribution in [-0.4, -0.2) is 31.1 Å². The molecule has 1 saturated heterocycles. The van der Waals surface area contributed by atoms with Crippen LogP contribution in [0.15, 0.2) is 48.5 Å². The molecule has 0 spiro atoms. The fourth-order valence-corrected chi connectivity index (χ4v) is 3.44. The first kappa shape index (κ1) is 20.5. The highest BCUT2D eigenvalue weighted by atomic mass is 19.4. The standard InChI is InChI=1S/C21H20F3N3O2/c1-2-26-20(28)19-11-17(29-16-6-4-3-5-7-16)13-27(19)15-9-8-14(12-25)18(10-15)21(22,23)24/h3-10,17,19H,2,11,13H2,1H3,(H,26,28)/t17-,19-/m0/s1. The van der Waals surface area contributed by atoms with Crippen LogP contribution in [0.3, 0.4) is 0 Å². The van der Waals surface area contributed by atoms with Gasteiger partial charge < -0.3 is 15.0 Å². The molecule has 1 heterocycles. The topological polar surface area (TPSA) is 65.4 Å². The van der Waals surface area contributed by atoms with Crippen LogP contribution in [0, 0.1) is 11.3 Å². The van der Waals surface area contributed by atoms with Gasteiger partial charge in [-0.1, -0.05) is 18.2 Å². The molecule has 2 aromatic carbocycles. The molecule has 0 aliphatic carbocycles. The number of nitriles is 1. The molecule has 5 nitrogen and oxygen atoms in total. The zero-order chi connectivity index (χ0) is 21.0. The fraction of sp³-hybridized carbons (Fsp3) is 0.333. The van der Waals surface area contributed by atoms with Gasteiger partial charge in [0.15, 0.2) is 0 Å². The number of hydrogen-bond acceptors (Lipinski definition) is 4. The summed E-state index contributed by atoms with van der Waals surface area (Å²) in [7, 11) is 0. The summed E-state index contributed by atoms with van der Waals surface area (Å²) in [6.07, 6.45) is -4.70. The summed E-state index contributed by atoms with van der Waals surface area (Å²) in [6, 6.07) is 13.5. The van der Waals surface area contributed by atoms with Crippen molar-refractivity contribution in [3.8, 4) is 11.8 Å². The van der Waals surface area contributed by atoms with Gasteiger partial charge in [0.2, 0.25) is 5.91 Å². The third-order valence-corrected chi connectivity index (χ3v) is 4.72. The van der Waals surface area contributed by atoms with E-state index in [4.69, 9.17) is 10.00 Å². The minimum absolute atomic E-state index is 0.228.